The van der Waals surface area contributed by atoms with Gasteiger partial charge in [0.2, 0.25) is 16.5 Å². The zero-order chi connectivity index (χ0) is 11.3. The summed E-state index contributed by atoms with van der Waals surface area (Å²) in [4.78, 5) is 11.5. The van der Waals surface area contributed by atoms with Crippen molar-refractivity contribution in [3.05, 3.63) is 10.6 Å². The first-order valence-corrected chi connectivity index (χ1v) is 6.50. The molecule has 1 rings (SSSR count). The summed E-state index contributed by atoms with van der Waals surface area (Å²) < 4.78 is 0. The van der Waals surface area contributed by atoms with Gasteiger partial charge in [0.05, 0.1) is 0 Å². The van der Waals surface area contributed by atoms with E-state index in [0.29, 0.717) is 11.2 Å². The fraction of sp³-hybridized carbons (Fsp3) is 0.625. The van der Waals surface area contributed by atoms with Crippen molar-refractivity contribution >= 4 is 40.9 Å². The second kappa shape index (κ2) is 6.35. The fourth-order valence-corrected chi connectivity index (χ4v) is 1.63. The molecule has 1 atom stereocenters. The lowest BCUT2D eigenvalue weighted by atomic mass is 10.3. The Morgan fingerprint density at radius 3 is 2.40 bits per heavy atom. The lowest BCUT2D eigenvalue weighted by Crippen LogP contribution is -2.10. The summed E-state index contributed by atoms with van der Waals surface area (Å²) in [6.45, 7) is 2.96. The Bertz CT molecular complexity index is 303. The molecule has 0 saturated heterocycles. The zero-order valence-corrected chi connectivity index (χ0v) is 10.8. The monoisotopic (exact) mass is 266 g/mol. The van der Waals surface area contributed by atoms with E-state index in [1.165, 1.54) is 0 Å². The SMILES string of the molecule is CSC(C)CCNc1nc(Cl)nc(Cl)n1. The van der Waals surface area contributed by atoms with Crippen molar-refractivity contribution in [1.29, 1.82) is 0 Å². The maximum atomic E-state index is 5.63. The molecule has 15 heavy (non-hydrogen) atoms. The van der Waals surface area contributed by atoms with E-state index in [-0.39, 0.29) is 10.6 Å². The highest BCUT2D eigenvalue weighted by atomic mass is 35.5. The molecule has 1 N–H and O–H groups in total. The van der Waals surface area contributed by atoms with Gasteiger partial charge in [-0.05, 0) is 35.9 Å². The van der Waals surface area contributed by atoms with Crippen LogP contribution in [-0.4, -0.2) is 33.0 Å². The molecule has 1 aromatic rings. The predicted octanol–water partition coefficient (Wildman–Crippen LogP) is 2.73. The molecule has 0 saturated carbocycles. The average molecular weight is 267 g/mol. The number of anilines is 1. The number of aromatic nitrogens is 3. The molecule has 0 spiro atoms. The van der Waals surface area contributed by atoms with Crippen molar-refractivity contribution in [2.24, 2.45) is 0 Å². The van der Waals surface area contributed by atoms with Gasteiger partial charge >= 0.3 is 0 Å². The van der Waals surface area contributed by atoms with Crippen LogP contribution in [-0.2, 0) is 0 Å². The van der Waals surface area contributed by atoms with Crippen LogP contribution in [0.1, 0.15) is 13.3 Å². The van der Waals surface area contributed by atoms with E-state index in [4.69, 9.17) is 23.2 Å². The summed E-state index contributed by atoms with van der Waals surface area (Å²) >= 11 is 13.1. The Kier molecular flexibility index (Phi) is 5.42. The van der Waals surface area contributed by atoms with Crippen molar-refractivity contribution in [2.45, 2.75) is 18.6 Å². The van der Waals surface area contributed by atoms with Gasteiger partial charge in [0, 0.05) is 11.8 Å². The van der Waals surface area contributed by atoms with Gasteiger partial charge in [-0.3, -0.25) is 0 Å². The summed E-state index contributed by atoms with van der Waals surface area (Å²) in [5.74, 6) is 0.424. The van der Waals surface area contributed by atoms with Crippen LogP contribution >= 0.6 is 35.0 Å². The Labute approximate surface area is 103 Å². The molecule has 0 aromatic carbocycles. The molecule has 0 aliphatic rings. The quantitative estimate of drug-likeness (QED) is 0.888. The molecule has 0 aliphatic heterocycles. The highest BCUT2D eigenvalue weighted by Crippen LogP contribution is 2.11. The lowest BCUT2D eigenvalue weighted by molar-refractivity contribution is 0.842. The molecule has 1 heterocycles. The molecular formula is C8H12Cl2N4S. The van der Waals surface area contributed by atoms with Gasteiger partial charge in [-0.1, -0.05) is 6.92 Å². The number of nitrogens with one attached hydrogen (secondary N) is 1. The normalized spacial score (nSPS) is 12.5. The predicted molar refractivity (Wildman–Crippen MR) is 65.9 cm³/mol. The third kappa shape index (κ3) is 4.86. The van der Waals surface area contributed by atoms with Crippen molar-refractivity contribution in [1.82, 2.24) is 15.0 Å². The highest BCUT2D eigenvalue weighted by Gasteiger charge is 2.03. The molecule has 0 fully saturated rings. The molecule has 1 aromatic heterocycles. The summed E-state index contributed by atoms with van der Waals surface area (Å²) in [6.07, 6.45) is 3.11. The minimum Gasteiger partial charge on any atom is -0.354 e. The molecule has 84 valence electrons. The van der Waals surface area contributed by atoms with Gasteiger partial charge in [-0.25, -0.2) is 0 Å². The van der Waals surface area contributed by atoms with E-state index < -0.39 is 0 Å². The Morgan fingerprint density at radius 1 is 1.27 bits per heavy atom. The third-order valence-corrected chi connectivity index (χ3v) is 3.20. The van der Waals surface area contributed by atoms with E-state index >= 15 is 0 Å². The van der Waals surface area contributed by atoms with Crippen LogP contribution in [0.15, 0.2) is 0 Å². The van der Waals surface area contributed by atoms with Crippen LogP contribution < -0.4 is 5.32 Å². The summed E-state index contributed by atoms with van der Waals surface area (Å²) in [7, 11) is 0. The number of hydrogen-bond donors (Lipinski definition) is 1. The van der Waals surface area contributed by atoms with Crippen LogP contribution in [0.5, 0.6) is 0 Å². The maximum Gasteiger partial charge on any atom is 0.228 e. The lowest BCUT2D eigenvalue weighted by Gasteiger charge is -2.08. The molecule has 0 radical (unpaired) electrons. The van der Waals surface area contributed by atoms with Crippen LogP contribution in [0.3, 0.4) is 0 Å². The molecule has 0 amide bonds. The van der Waals surface area contributed by atoms with Crippen LogP contribution in [0.25, 0.3) is 0 Å². The van der Waals surface area contributed by atoms with Gasteiger partial charge in [0.15, 0.2) is 0 Å². The van der Waals surface area contributed by atoms with E-state index in [2.05, 4.69) is 33.4 Å². The minimum absolute atomic E-state index is 0.107. The van der Waals surface area contributed by atoms with E-state index in [1.54, 1.807) is 0 Å². The topological polar surface area (TPSA) is 50.7 Å². The highest BCUT2D eigenvalue weighted by molar-refractivity contribution is 7.99. The standard InChI is InChI=1S/C8H12Cl2N4S/c1-5(15-2)3-4-11-8-13-6(9)12-7(10)14-8/h5H,3-4H2,1-2H3,(H,11,12,13,14). The first kappa shape index (κ1) is 12.8. The number of thioether (sulfide) groups is 1. The van der Waals surface area contributed by atoms with Gasteiger partial charge in [0.1, 0.15) is 0 Å². The van der Waals surface area contributed by atoms with Crippen LogP contribution in [0.4, 0.5) is 5.95 Å². The van der Waals surface area contributed by atoms with Crippen molar-refractivity contribution in [3.8, 4) is 0 Å². The van der Waals surface area contributed by atoms with Gasteiger partial charge in [0.25, 0.3) is 0 Å². The molecule has 4 nitrogen and oxygen atoms in total. The number of halogens is 2. The first-order chi connectivity index (χ1) is 7.11. The summed E-state index contributed by atoms with van der Waals surface area (Å²) in [5.41, 5.74) is 0. The van der Waals surface area contributed by atoms with Crippen molar-refractivity contribution in [3.63, 3.8) is 0 Å². The molecule has 0 aliphatic carbocycles. The number of hydrogen-bond acceptors (Lipinski definition) is 5. The molecule has 0 bridgehead atoms. The second-order valence-electron chi connectivity index (χ2n) is 2.96. The largest absolute Gasteiger partial charge is 0.354 e. The molecule has 1 unspecified atom stereocenters. The maximum absolute atomic E-state index is 5.63. The minimum atomic E-state index is 0.107. The van der Waals surface area contributed by atoms with Crippen LogP contribution in [0.2, 0.25) is 10.6 Å². The number of rotatable bonds is 5. The summed E-state index contributed by atoms with van der Waals surface area (Å²) in [5, 5.41) is 3.86. The molecular weight excluding hydrogens is 255 g/mol. The molecule has 7 heteroatoms. The smallest absolute Gasteiger partial charge is 0.228 e. The second-order valence-corrected chi connectivity index (χ2v) is 4.91. The first-order valence-electron chi connectivity index (χ1n) is 4.45. The van der Waals surface area contributed by atoms with Crippen LogP contribution in [0, 0.1) is 0 Å². The van der Waals surface area contributed by atoms with Gasteiger partial charge < -0.3 is 5.32 Å². The van der Waals surface area contributed by atoms with Crippen molar-refractivity contribution in [2.75, 3.05) is 18.1 Å². The van der Waals surface area contributed by atoms with Gasteiger partial charge in [-0.2, -0.15) is 26.7 Å². The van der Waals surface area contributed by atoms with Crippen molar-refractivity contribution < 1.29 is 0 Å². The average Bonchev–Trinajstić information content (AvgIpc) is 2.16. The van der Waals surface area contributed by atoms with E-state index in [0.717, 1.165) is 13.0 Å². The zero-order valence-electron chi connectivity index (χ0n) is 8.50. The van der Waals surface area contributed by atoms with E-state index in [1.807, 2.05) is 11.8 Å². The Balaban J connectivity index is 2.43. The fourth-order valence-electron chi connectivity index (χ4n) is 0.910. The summed E-state index contributed by atoms with van der Waals surface area (Å²) in [6, 6.07) is 0. The Hall–Kier alpha value is -0.260. The van der Waals surface area contributed by atoms with E-state index in [9.17, 15) is 0 Å². The number of nitrogens with zero attached hydrogens (tertiary/aromatic N) is 3. The Morgan fingerprint density at radius 2 is 1.87 bits per heavy atom. The third-order valence-electron chi connectivity index (χ3n) is 1.82. The van der Waals surface area contributed by atoms with Gasteiger partial charge in [-0.15, -0.1) is 0 Å².